The minimum absolute atomic E-state index is 0.275. The van der Waals surface area contributed by atoms with Crippen LogP contribution >= 0.6 is 11.6 Å². The highest BCUT2D eigenvalue weighted by molar-refractivity contribution is 6.36. The Kier molecular flexibility index (Phi) is 3.82. The first-order valence-corrected chi connectivity index (χ1v) is 4.97. The average molecular weight is 274 g/mol. The summed E-state index contributed by atoms with van der Waals surface area (Å²) in [6.45, 7) is 0. The van der Waals surface area contributed by atoms with Gasteiger partial charge in [-0.3, -0.25) is 25.0 Å². The minimum Gasteiger partial charge on any atom is -0.345 e. The first-order chi connectivity index (χ1) is 8.25. The number of benzene rings is 1. The van der Waals surface area contributed by atoms with Gasteiger partial charge in [0.25, 0.3) is 17.3 Å². The van der Waals surface area contributed by atoms with Crippen LogP contribution in [-0.4, -0.2) is 34.7 Å². The lowest BCUT2D eigenvalue weighted by atomic mass is 10.1. The predicted octanol–water partition coefficient (Wildman–Crippen LogP) is 1.86. The van der Waals surface area contributed by atoms with E-state index in [0.717, 1.165) is 17.0 Å². The van der Waals surface area contributed by atoms with E-state index in [1.807, 2.05) is 0 Å². The highest BCUT2D eigenvalue weighted by atomic mass is 35.5. The van der Waals surface area contributed by atoms with Crippen molar-refractivity contribution in [3.05, 3.63) is 42.9 Å². The van der Waals surface area contributed by atoms with Gasteiger partial charge in [-0.25, -0.2) is 0 Å². The third-order valence-electron chi connectivity index (χ3n) is 2.08. The normalized spacial score (nSPS) is 9.94. The number of nitro groups is 2. The molecule has 1 aromatic rings. The SMILES string of the molecule is CN(C)C(=O)c1cc([N+](=O)[O-])cc([N+](=O)[O-])c1Cl. The Morgan fingerprint density at radius 1 is 1.22 bits per heavy atom. The second-order valence-electron chi connectivity index (χ2n) is 3.54. The van der Waals surface area contributed by atoms with Gasteiger partial charge in [0, 0.05) is 20.2 Å². The molecule has 0 aliphatic rings. The van der Waals surface area contributed by atoms with E-state index in [1.165, 1.54) is 14.1 Å². The highest BCUT2D eigenvalue weighted by Gasteiger charge is 2.26. The summed E-state index contributed by atoms with van der Waals surface area (Å²) in [6.07, 6.45) is 0. The van der Waals surface area contributed by atoms with Gasteiger partial charge in [0.1, 0.15) is 5.02 Å². The molecular formula is C9H8ClN3O5. The molecule has 0 unspecified atom stereocenters. The quantitative estimate of drug-likeness (QED) is 0.617. The topological polar surface area (TPSA) is 107 Å². The van der Waals surface area contributed by atoms with E-state index >= 15 is 0 Å². The summed E-state index contributed by atoms with van der Waals surface area (Å²) in [7, 11) is 2.81. The van der Waals surface area contributed by atoms with Crippen molar-refractivity contribution in [1.29, 1.82) is 0 Å². The van der Waals surface area contributed by atoms with E-state index in [4.69, 9.17) is 11.6 Å². The molecule has 0 saturated carbocycles. The Balaban J connectivity index is 3.55. The summed E-state index contributed by atoms with van der Waals surface area (Å²) in [5.41, 5.74) is -1.50. The molecular weight excluding hydrogens is 266 g/mol. The Morgan fingerprint density at radius 3 is 2.17 bits per heavy atom. The smallest absolute Gasteiger partial charge is 0.295 e. The second-order valence-corrected chi connectivity index (χ2v) is 3.92. The lowest BCUT2D eigenvalue weighted by Crippen LogP contribution is -2.22. The number of carbonyl (C=O) groups excluding carboxylic acids is 1. The van der Waals surface area contributed by atoms with Crippen LogP contribution in [0.2, 0.25) is 5.02 Å². The third-order valence-corrected chi connectivity index (χ3v) is 2.48. The zero-order chi connectivity index (χ0) is 14.0. The zero-order valence-corrected chi connectivity index (χ0v) is 10.2. The summed E-state index contributed by atoms with van der Waals surface area (Å²) < 4.78 is 0. The van der Waals surface area contributed by atoms with Crippen LogP contribution in [0.1, 0.15) is 10.4 Å². The van der Waals surface area contributed by atoms with Gasteiger partial charge in [-0.1, -0.05) is 11.6 Å². The zero-order valence-electron chi connectivity index (χ0n) is 9.42. The van der Waals surface area contributed by atoms with E-state index in [2.05, 4.69) is 0 Å². The van der Waals surface area contributed by atoms with Crippen molar-refractivity contribution in [1.82, 2.24) is 4.90 Å². The number of nitrogens with zero attached hydrogens (tertiary/aromatic N) is 3. The van der Waals surface area contributed by atoms with Crippen molar-refractivity contribution in [3.8, 4) is 0 Å². The molecule has 9 heteroatoms. The first kappa shape index (κ1) is 13.8. The summed E-state index contributed by atoms with van der Waals surface area (Å²) in [5.74, 6) is -0.646. The van der Waals surface area contributed by atoms with Crippen molar-refractivity contribution in [2.24, 2.45) is 0 Å². The van der Waals surface area contributed by atoms with Crippen molar-refractivity contribution in [2.45, 2.75) is 0 Å². The molecule has 0 bridgehead atoms. The van der Waals surface area contributed by atoms with Gasteiger partial charge in [-0.15, -0.1) is 0 Å². The average Bonchev–Trinajstić information content (AvgIpc) is 2.27. The van der Waals surface area contributed by atoms with Crippen LogP contribution in [0.4, 0.5) is 11.4 Å². The van der Waals surface area contributed by atoms with Crippen LogP contribution < -0.4 is 0 Å². The number of nitro benzene ring substituents is 2. The van der Waals surface area contributed by atoms with Crippen molar-refractivity contribution in [2.75, 3.05) is 14.1 Å². The van der Waals surface area contributed by atoms with Gasteiger partial charge in [-0.2, -0.15) is 0 Å². The Labute approximate surface area is 106 Å². The number of carbonyl (C=O) groups is 1. The number of rotatable bonds is 3. The molecule has 0 N–H and O–H groups in total. The van der Waals surface area contributed by atoms with Gasteiger partial charge in [-0.05, 0) is 0 Å². The van der Waals surface area contributed by atoms with Crippen LogP contribution in [0.5, 0.6) is 0 Å². The molecule has 0 aromatic heterocycles. The van der Waals surface area contributed by atoms with E-state index in [-0.39, 0.29) is 5.56 Å². The molecule has 1 rings (SSSR count). The number of non-ortho nitro benzene ring substituents is 1. The molecule has 0 saturated heterocycles. The molecule has 0 aliphatic heterocycles. The molecule has 8 nitrogen and oxygen atoms in total. The van der Waals surface area contributed by atoms with Crippen molar-refractivity contribution >= 4 is 28.9 Å². The molecule has 0 atom stereocenters. The number of hydrogen-bond acceptors (Lipinski definition) is 5. The molecule has 0 heterocycles. The largest absolute Gasteiger partial charge is 0.345 e. The van der Waals surface area contributed by atoms with Crippen LogP contribution in [0.3, 0.4) is 0 Å². The minimum atomic E-state index is -0.873. The van der Waals surface area contributed by atoms with Crippen LogP contribution in [0, 0.1) is 20.2 Å². The Bertz CT molecular complexity index is 543. The maximum atomic E-state index is 11.7. The Morgan fingerprint density at radius 2 is 1.78 bits per heavy atom. The highest BCUT2D eigenvalue weighted by Crippen LogP contribution is 2.33. The van der Waals surface area contributed by atoms with Crippen molar-refractivity contribution in [3.63, 3.8) is 0 Å². The summed E-state index contributed by atoms with van der Waals surface area (Å²) in [5, 5.41) is 20.9. The molecule has 1 amide bonds. The molecule has 18 heavy (non-hydrogen) atoms. The van der Waals surface area contributed by atoms with Gasteiger partial charge in [0.15, 0.2) is 0 Å². The van der Waals surface area contributed by atoms with E-state index in [1.54, 1.807) is 0 Å². The number of amides is 1. The Hall–Kier alpha value is -2.22. The lowest BCUT2D eigenvalue weighted by Gasteiger charge is -2.11. The maximum absolute atomic E-state index is 11.7. The first-order valence-electron chi connectivity index (χ1n) is 4.59. The van der Waals surface area contributed by atoms with Crippen LogP contribution in [0.25, 0.3) is 0 Å². The molecule has 0 radical (unpaired) electrons. The van der Waals surface area contributed by atoms with Gasteiger partial charge in [0.2, 0.25) is 0 Å². The summed E-state index contributed by atoms with van der Waals surface area (Å²) in [4.78, 5) is 32.5. The lowest BCUT2D eigenvalue weighted by molar-refractivity contribution is -0.394. The predicted molar refractivity (Wildman–Crippen MR) is 62.8 cm³/mol. The molecule has 1 aromatic carbocycles. The fourth-order valence-electron chi connectivity index (χ4n) is 1.23. The summed E-state index contributed by atoms with van der Waals surface area (Å²) >= 11 is 5.71. The number of hydrogen-bond donors (Lipinski definition) is 0. The van der Waals surface area contributed by atoms with E-state index in [0.29, 0.717) is 0 Å². The monoisotopic (exact) mass is 273 g/mol. The van der Waals surface area contributed by atoms with Crippen LogP contribution in [-0.2, 0) is 0 Å². The van der Waals surface area contributed by atoms with E-state index in [9.17, 15) is 25.0 Å². The third kappa shape index (κ3) is 2.54. The number of halogens is 1. The molecule has 0 aliphatic carbocycles. The van der Waals surface area contributed by atoms with Gasteiger partial charge < -0.3 is 4.90 Å². The fourth-order valence-corrected chi connectivity index (χ4v) is 1.49. The van der Waals surface area contributed by atoms with Crippen LogP contribution in [0.15, 0.2) is 12.1 Å². The maximum Gasteiger partial charge on any atom is 0.295 e. The fraction of sp³-hybridized carbons (Fsp3) is 0.222. The van der Waals surface area contributed by atoms with Gasteiger partial charge in [0.05, 0.1) is 21.5 Å². The van der Waals surface area contributed by atoms with Crippen molar-refractivity contribution < 1.29 is 14.6 Å². The van der Waals surface area contributed by atoms with E-state index < -0.39 is 32.2 Å². The molecule has 0 spiro atoms. The molecule has 96 valence electrons. The second kappa shape index (κ2) is 4.96. The van der Waals surface area contributed by atoms with Gasteiger partial charge >= 0.3 is 0 Å². The standard InChI is InChI=1S/C9H8ClN3O5/c1-11(2)9(14)6-3-5(12(15)16)4-7(8(6)10)13(17)18/h3-4H,1-2H3. The summed E-state index contributed by atoms with van der Waals surface area (Å²) in [6, 6.07) is 1.63. The molecule has 0 fully saturated rings.